The molecule has 1 aromatic carbocycles. The Morgan fingerprint density at radius 1 is 1.35 bits per heavy atom. The van der Waals surface area contributed by atoms with Crippen molar-refractivity contribution in [3.63, 3.8) is 0 Å². The molecular formula is C12H12N4O2S2. The average molecular weight is 308 g/mol. The highest BCUT2D eigenvalue weighted by atomic mass is 32.2. The first-order chi connectivity index (χ1) is 9.49. The molecule has 0 fully saturated rings. The molecule has 2 aromatic heterocycles. The van der Waals surface area contributed by atoms with Gasteiger partial charge in [-0.2, -0.15) is 0 Å². The number of fused-ring (bicyclic) bond motifs is 1. The minimum absolute atomic E-state index is 0.276. The smallest absolute Gasteiger partial charge is 0.175 e. The van der Waals surface area contributed by atoms with E-state index in [9.17, 15) is 8.42 Å². The van der Waals surface area contributed by atoms with Crippen LogP contribution in [0.25, 0.3) is 21.7 Å². The van der Waals surface area contributed by atoms with Crippen molar-refractivity contribution in [3.05, 3.63) is 23.9 Å². The third kappa shape index (κ3) is 2.20. The lowest BCUT2D eigenvalue weighted by Crippen LogP contribution is -1.96. The van der Waals surface area contributed by atoms with E-state index in [2.05, 4.69) is 19.6 Å². The van der Waals surface area contributed by atoms with Crippen LogP contribution in [-0.4, -0.2) is 34.2 Å². The van der Waals surface area contributed by atoms with E-state index in [-0.39, 0.29) is 4.90 Å². The molecule has 0 aliphatic carbocycles. The maximum absolute atomic E-state index is 11.6. The molecule has 8 heteroatoms. The van der Waals surface area contributed by atoms with Crippen LogP contribution >= 0.6 is 11.5 Å². The first-order valence-electron chi connectivity index (χ1n) is 6.00. The summed E-state index contributed by atoms with van der Waals surface area (Å²) in [4.78, 5) is 8.78. The van der Waals surface area contributed by atoms with E-state index >= 15 is 0 Å². The number of imidazole rings is 1. The molecule has 0 aliphatic rings. The molecule has 0 bridgehead atoms. The van der Waals surface area contributed by atoms with Gasteiger partial charge in [0.25, 0.3) is 0 Å². The van der Waals surface area contributed by atoms with E-state index in [0.29, 0.717) is 11.3 Å². The molecule has 0 spiro atoms. The van der Waals surface area contributed by atoms with Crippen molar-refractivity contribution in [3.8, 4) is 10.7 Å². The fourth-order valence-corrected chi connectivity index (χ4v) is 3.29. The molecule has 3 rings (SSSR count). The molecule has 20 heavy (non-hydrogen) atoms. The van der Waals surface area contributed by atoms with E-state index in [1.165, 1.54) is 17.8 Å². The lowest BCUT2D eigenvalue weighted by Gasteiger charge is -1.96. The highest BCUT2D eigenvalue weighted by Crippen LogP contribution is 2.27. The summed E-state index contributed by atoms with van der Waals surface area (Å²) in [5.41, 5.74) is 2.30. The molecule has 0 unspecified atom stereocenters. The van der Waals surface area contributed by atoms with Gasteiger partial charge in [-0.1, -0.05) is 11.4 Å². The third-order valence-electron chi connectivity index (χ3n) is 2.99. The van der Waals surface area contributed by atoms with Gasteiger partial charge >= 0.3 is 0 Å². The summed E-state index contributed by atoms with van der Waals surface area (Å²) in [7, 11) is -3.22. The van der Waals surface area contributed by atoms with Gasteiger partial charge in [0.05, 0.1) is 21.6 Å². The van der Waals surface area contributed by atoms with Crippen LogP contribution < -0.4 is 0 Å². The number of nitrogens with zero attached hydrogens (tertiary/aromatic N) is 3. The third-order valence-corrected chi connectivity index (χ3v) is 4.87. The molecule has 1 N–H and O–H groups in total. The summed E-state index contributed by atoms with van der Waals surface area (Å²) in [5.74, 6) is 0.678. The van der Waals surface area contributed by atoms with Crippen molar-refractivity contribution < 1.29 is 8.42 Å². The van der Waals surface area contributed by atoms with Crippen LogP contribution in [0.3, 0.4) is 0 Å². The van der Waals surface area contributed by atoms with Gasteiger partial charge in [-0.3, -0.25) is 0 Å². The molecule has 0 amide bonds. The zero-order valence-electron chi connectivity index (χ0n) is 10.9. The summed E-state index contributed by atoms with van der Waals surface area (Å²) in [6, 6.07) is 4.86. The van der Waals surface area contributed by atoms with Crippen LogP contribution in [0, 0.1) is 0 Å². The highest BCUT2D eigenvalue weighted by Gasteiger charge is 2.14. The minimum atomic E-state index is -3.22. The van der Waals surface area contributed by atoms with Crippen LogP contribution in [0.1, 0.15) is 12.6 Å². The first-order valence-corrected chi connectivity index (χ1v) is 8.67. The Morgan fingerprint density at radius 2 is 2.15 bits per heavy atom. The lowest BCUT2D eigenvalue weighted by molar-refractivity contribution is 0.602. The number of hydrogen-bond acceptors (Lipinski definition) is 6. The Kier molecular flexibility index (Phi) is 3.06. The Balaban J connectivity index is 2.16. The first kappa shape index (κ1) is 13.2. The number of hydrogen-bond donors (Lipinski definition) is 1. The summed E-state index contributed by atoms with van der Waals surface area (Å²) in [6.45, 7) is 2.00. The van der Waals surface area contributed by atoms with Crippen LogP contribution in [0.15, 0.2) is 23.1 Å². The van der Waals surface area contributed by atoms with Gasteiger partial charge in [-0.05, 0) is 36.2 Å². The maximum atomic E-state index is 11.6. The van der Waals surface area contributed by atoms with E-state index < -0.39 is 9.84 Å². The van der Waals surface area contributed by atoms with Crippen molar-refractivity contribution in [2.75, 3.05) is 6.26 Å². The summed E-state index contributed by atoms with van der Waals surface area (Å²) in [6.07, 6.45) is 1.96. The van der Waals surface area contributed by atoms with Crippen molar-refractivity contribution in [2.45, 2.75) is 18.2 Å². The molecule has 3 aromatic rings. The van der Waals surface area contributed by atoms with Crippen LogP contribution in [0.5, 0.6) is 0 Å². The van der Waals surface area contributed by atoms with E-state index in [1.54, 1.807) is 18.2 Å². The second kappa shape index (κ2) is 4.64. The Hall–Kier alpha value is -1.80. The molecular weight excluding hydrogens is 296 g/mol. The molecule has 0 saturated carbocycles. The Labute approximate surface area is 120 Å². The molecule has 2 heterocycles. The standard InChI is InChI=1S/C12H12N4O2S2/c1-3-8-11(19-16-15-8)12-13-9-5-4-7(20(2,17)18)6-10(9)14-12/h4-6H,3H2,1-2H3,(H,13,14). The van der Waals surface area contributed by atoms with Crippen LogP contribution in [0.2, 0.25) is 0 Å². The molecule has 104 valence electrons. The number of aromatic amines is 1. The molecule has 0 saturated heterocycles. The van der Waals surface area contributed by atoms with Crippen LogP contribution in [-0.2, 0) is 16.3 Å². The van der Waals surface area contributed by atoms with E-state index in [0.717, 1.165) is 22.5 Å². The van der Waals surface area contributed by atoms with E-state index in [4.69, 9.17) is 0 Å². The second-order valence-electron chi connectivity index (χ2n) is 4.44. The zero-order chi connectivity index (χ0) is 14.3. The predicted molar refractivity (Wildman–Crippen MR) is 77.5 cm³/mol. The Morgan fingerprint density at radius 3 is 2.85 bits per heavy atom. The monoisotopic (exact) mass is 308 g/mol. The molecule has 0 atom stereocenters. The van der Waals surface area contributed by atoms with Gasteiger partial charge in [0, 0.05) is 6.26 Å². The number of aromatic nitrogens is 4. The fraction of sp³-hybridized carbons (Fsp3) is 0.250. The quantitative estimate of drug-likeness (QED) is 0.800. The number of rotatable bonds is 3. The maximum Gasteiger partial charge on any atom is 0.175 e. The molecule has 6 nitrogen and oxygen atoms in total. The summed E-state index contributed by atoms with van der Waals surface area (Å²) in [5, 5.41) is 4.05. The minimum Gasteiger partial charge on any atom is -0.337 e. The normalized spacial score (nSPS) is 12.1. The largest absolute Gasteiger partial charge is 0.337 e. The number of sulfone groups is 1. The van der Waals surface area contributed by atoms with Gasteiger partial charge in [0.2, 0.25) is 0 Å². The fourth-order valence-electron chi connectivity index (χ4n) is 1.95. The number of benzene rings is 1. The van der Waals surface area contributed by atoms with Crippen molar-refractivity contribution in [2.24, 2.45) is 0 Å². The van der Waals surface area contributed by atoms with Crippen molar-refractivity contribution >= 4 is 32.4 Å². The summed E-state index contributed by atoms with van der Waals surface area (Å²) >= 11 is 1.28. The van der Waals surface area contributed by atoms with Crippen molar-refractivity contribution in [1.29, 1.82) is 0 Å². The van der Waals surface area contributed by atoms with Gasteiger partial charge in [0.15, 0.2) is 15.7 Å². The molecule has 0 radical (unpaired) electrons. The van der Waals surface area contributed by atoms with Gasteiger partial charge in [-0.15, -0.1) is 5.10 Å². The second-order valence-corrected chi connectivity index (χ2v) is 7.21. The van der Waals surface area contributed by atoms with Gasteiger partial charge < -0.3 is 4.98 Å². The Bertz CT molecular complexity index is 880. The van der Waals surface area contributed by atoms with Gasteiger partial charge in [0.1, 0.15) is 4.88 Å². The number of nitrogens with one attached hydrogen (secondary N) is 1. The van der Waals surface area contributed by atoms with Crippen molar-refractivity contribution in [1.82, 2.24) is 19.6 Å². The summed E-state index contributed by atoms with van der Waals surface area (Å²) < 4.78 is 27.1. The topological polar surface area (TPSA) is 88.6 Å². The zero-order valence-corrected chi connectivity index (χ0v) is 12.5. The van der Waals surface area contributed by atoms with Gasteiger partial charge in [-0.25, -0.2) is 13.4 Å². The lowest BCUT2D eigenvalue weighted by atomic mass is 10.3. The number of H-pyrrole nitrogens is 1. The van der Waals surface area contributed by atoms with E-state index in [1.807, 2.05) is 6.92 Å². The predicted octanol–water partition coefficient (Wildman–Crippen LogP) is 2.05. The SMILES string of the molecule is CCc1nnsc1-c1nc2ccc(S(C)(=O)=O)cc2[nH]1. The average Bonchev–Trinajstić information content (AvgIpc) is 3.02. The molecule has 0 aliphatic heterocycles. The highest BCUT2D eigenvalue weighted by molar-refractivity contribution is 7.90. The number of aryl methyl sites for hydroxylation is 1. The van der Waals surface area contributed by atoms with Crippen LogP contribution in [0.4, 0.5) is 0 Å².